The zero-order valence-electron chi connectivity index (χ0n) is 8.49. The zero-order valence-corrected chi connectivity index (χ0v) is 8.49. The molecule has 0 spiro atoms. The van der Waals surface area contributed by atoms with E-state index in [4.69, 9.17) is 9.47 Å². The fraction of sp³-hybridized carbons (Fsp3) is 0.889. The van der Waals surface area contributed by atoms with Gasteiger partial charge in [0.1, 0.15) is 12.2 Å². The van der Waals surface area contributed by atoms with Crippen LogP contribution in [0.3, 0.4) is 0 Å². The van der Waals surface area contributed by atoms with Gasteiger partial charge in [-0.15, -0.1) is 0 Å². The number of hydrogen-bond donors (Lipinski definition) is 1. The molecule has 0 aromatic rings. The highest BCUT2D eigenvalue weighted by Crippen LogP contribution is 2.28. The monoisotopic (exact) mass is 206 g/mol. The Bertz CT molecular complexity index is 227. The number of carbonyl (C=O) groups excluding carboxylic acids is 1. The quantitative estimate of drug-likeness (QED) is 0.680. The molecule has 14 heavy (non-hydrogen) atoms. The summed E-state index contributed by atoms with van der Waals surface area (Å²) in [7, 11) is 0. The predicted octanol–water partition coefficient (Wildman–Crippen LogP) is 0.426. The summed E-state index contributed by atoms with van der Waals surface area (Å²) in [5.74, 6) is -0.829. The van der Waals surface area contributed by atoms with Crippen molar-refractivity contribution in [2.45, 2.75) is 44.4 Å². The molecule has 1 heterocycles. The average molecular weight is 206 g/mol. The van der Waals surface area contributed by atoms with Crippen molar-refractivity contribution in [3.63, 3.8) is 0 Å². The Labute approximate surface area is 82.0 Å². The van der Waals surface area contributed by atoms with Crippen LogP contribution in [0.15, 0.2) is 0 Å². The topological polar surface area (TPSA) is 55.8 Å². The normalized spacial score (nSPS) is 32.2. The Morgan fingerprint density at radius 3 is 2.64 bits per heavy atom. The Balaban J connectivity index is 2.64. The maximum absolute atomic E-state index is 13.4. The molecule has 0 amide bonds. The first kappa shape index (κ1) is 11.6. The Morgan fingerprint density at radius 1 is 1.71 bits per heavy atom. The fourth-order valence-electron chi connectivity index (χ4n) is 1.30. The van der Waals surface area contributed by atoms with E-state index in [0.29, 0.717) is 0 Å². The van der Waals surface area contributed by atoms with Crippen LogP contribution in [0.25, 0.3) is 0 Å². The predicted molar refractivity (Wildman–Crippen MR) is 46.5 cm³/mol. The number of ether oxygens (including phenoxy) is 2. The summed E-state index contributed by atoms with van der Waals surface area (Å²) < 4.78 is 23.7. The van der Waals surface area contributed by atoms with Crippen molar-refractivity contribution in [1.29, 1.82) is 0 Å². The zero-order chi connectivity index (χ0) is 11.0. The third-order valence-electron chi connectivity index (χ3n) is 2.19. The van der Waals surface area contributed by atoms with Gasteiger partial charge in [-0.25, -0.2) is 4.39 Å². The molecule has 0 aliphatic carbocycles. The maximum atomic E-state index is 13.4. The van der Waals surface area contributed by atoms with Crippen LogP contribution in [0.1, 0.15) is 20.8 Å². The summed E-state index contributed by atoms with van der Waals surface area (Å²) in [5, 5.41) is 9.50. The van der Waals surface area contributed by atoms with E-state index >= 15 is 0 Å². The maximum Gasteiger partial charge on any atom is 0.191 e. The minimum Gasteiger partial charge on any atom is -0.386 e. The van der Waals surface area contributed by atoms with Gasteiger partial charge in [0.2, 0.25) is 0 Å². The fourth-order valence-corrected chi connectivity index (χ4v) is 1.30. The molecule has 0 aromatic carbocycles. The Kier molecular flexibility index (Phi) is 2.94. The molecule has 1 aliphatic rings. The molecule has 0 saturated carbocycles. The lowest BCUT2D eigenvalue weighted by Gasteiger charge is -2.25. The SMILES string of the molecule is CC1(C)OC[C@H]([C@@H](O)[C@@](C)(F)C=O)O1. The number of halogens is 1. The van der Waals surface area contributed by atoms with Crippen molar-refractivity contribution in [1.82, 2.24) is 0 Å². The van der Waals surface area contributed by atoms with Gasteiger partial charge in [0.15, 0.2) is 17.7 Å². The summed E-state index contributed by atoms with van der Waals surface area (Å²) >= 11 is 0. The first-order valence-corrected chi connectivity index (χ1v) is 4.43. The van der Waals surface area contributed by atoms with Crippen LogP contribution in [-0.4, -0.2) is 41.7 Å². The van der Waals surface area contributed by atoms with Gasteiger partial charge in [-0.2, -0.15) is 0 Å². The van der Waals surface area contributed by atoms with E-state index in [2.05, 4.69) is 0 Å². The Hall–Kier alpha value is -0.520. The van der Waals surface area contributed by atoms with Gasteiger partial charge in [0, 0.05) is 0 Å². The van der Waals surface area contributed by atoms with Gasteiger partial charge < -0.3 is 14.6 Å². The molecule has 0 aromatic heterocycles. The molecule has 82 valence electrons. The van der Waals surface area contributed by atoms with E-state index in [0.717, 1.165) is 6.92 Å². The summed E-state index contributed by atoms with van der Waals surface area (Å²) in [6.07, 6.45) is -2.22. The van der Waals surface area contributed by atoms with Crippen LogP contribution in [-0.2, 0) is 14.3 Å². The summed E-state index contributed by atoms with van der Waals surface area (Å²) in [4.78, 5) is 10.4. The number of aliphatic hydroxyl groups is 1. The lowest BCUT2D eigenvalue weighted by Crippen LogP contribution is -2.46. The smallest absolute Gasteiger partial charge is 0.191 e. The van der Waals surface area contributed by atoms with Crippen molar-refractivity contribution >= 4 is 6.29 Å². The molecule has 1 saturated heterocycles. The number of rotatable bonds is 3. The molecule has 1 N–H and O–H groups in total. The molecule has 0 bridgehead atoms. The number of alkyl halides is 1. The number of hydrogen-bond acceptors (Lipinski definition) is 4. The second-order valence-corrected chi connectivity index (χ2v) is 4.08. The lowest BCUT2D eigenvalue weighted by atomic mass is 9.99. The molecule has 4 nitrogen and oxygen atoms in total. The molecule has 5 heteroatoms. The first-order chi connectivity index (χ1) is 6.28. The molecule has 1 rings (SSSR count). The summed E-state index contributed by atoms with van der Waals surface area (Å²) in [5.41, 5.74) is -2.30. The Morgan fingerprint density at radius 2 is 2.29 bits per heavy atom. The molecule has 3 atom stereocenters. The van der Waals surface area contributed by atoms with Crippen molar-refractivity contribution in [2.24, 2.45) is 0 Å². The number of aldehydes is 1. The third-order valence-corrected chi connectivity index (χ3v) is 2.19. The summed E-state index contributed by atoms with van der Waals surface area (Å²) in [6, 6.07) is 0. The van der Waals surface area contributed by atoms with Gasteiger partial charge in [0.05, 0.1) is 6.61 Å². The lowest BCUT2D eigenvalue weighted by molar-refractivity contribution is -0.165. The first-order valence-electron chi connectivity index (χ1n) is 4.43. The molecular formula is C9H15FO4. The van der Waals surface area contributed by atoms with Crippen LogP contribution in [0.2, 0.25) is 0 Å². The van der Waals surface area contributed by atoms with E-state index in [1.165, 1.54) is 0 Å². The average Bonchev–Trinajstić information content (AvgIpc) is 2.44. The van der Waals surface area contributed by atoms with Gasteiger partial charge in [-0.05, 0) is 20.8 Å². The highest BCUT2D eigenvalue weighted by Gasteiger charge is 2.45. The van der Waals surface area contributed by atoms with Gasteiger partial charge >= 0.3 is 0 Å². The van der Waals surface area contributed by atoms with E-state index in [-0.39, 0.29) is 12.9 Å². The number of carbonyl (C=O) groups is 1. The molecule has 0 radical (unpaired) electrons. The van der Waals surface area contributed by atoms with E-state index in [1.54, 1.807) is 13.8 Å². The van der Waals surface area contributed by atoms with Crippen LogP contribution in [0.5, 0.6) is 0 Å². The molecular weight excluding hydrogens is 191 g/mol. The molecule has 1 aliphatic heterocycles. The van der Waals surface area contributed by atoms with E-state index < -0.39 is 23.7 Å². The van der Waals surface area contributed by atoms with Crippen molar-refractivity contribution in [3.05, 3.63) is 0 Å². The van der Waals surface area contributed by atoms with Crippen LogP contribution in [0.4, 0.5) is 4.39 Å². The highest BCUT2D eigenvalue weighted by atomic mass is 19.1. The van der Waals surface area contributed by atoms with Crippen LogP contribution >= 0.6 is 0 Å². The van der Waals surface area contributed by atoms with Crippen LogP contribution in [0, 0.1) is 0 Å². The van der Waals surface area contributed by atoms with Gasteiger partial charge in [0.25, 0.3) is 0 Å². The van der Waals surface area contributed by atoms with Gasteiger partial charge in [-0.1, -0.05) is 0 Å². The summed E-state index contributed by atoms with van der Waals surface area (Å²) in [6.45, 7) is 4.42. The van der Waals surface area contributed by atoms with Crippen LogP contribution < -0.4 is 0 Å². The molecule has 1 fully saturated rings. The van der Waals surface area contributed by atoms with Crippen molar-refractivity contribution in [2.75, 3.05) is 6.61 Å². The largest absolute Gasteiger partial charge is 0.386 e. The number of aliphatic hydroxyl groups excluding tert-OH is 1. The van der Waals surface area contributed by atoms with E-state index in [9.17, 15) is 14.3 Å². The second-order valence-electron chi connectivity index (χ2n) is 4.08. The van der Waals surface area contributed by atoms with Crippen molar-refractivity contribution < 1.29 is 23.8 Å². The van der Waals surface area contributed by atoms with E-state index in [1.807, 2.05) is 0 Å². The minimum absolute atomic E-state index is 0.0757. The minimum atomic E-state index is -2.30. The standard InChI is InChI=1S/C9H15FO4/c1-8(2)13-4-6(14-8)7(12)9(3,10)5-11/h5-7,12H,4H2,1-3H3/t6-,7-,9+/m1/s1. The second kappa shape index (κ2) is 3.56. The van der Waals surface area contributed by atoms with Gasteiger partial charge in [-0.3, -0.25) is 4.79 Å². The molecule has 0 unspecified atom stereocenters. The van der Waals surface area contributed by atoms with Crippen molar-refractivity contribution in [3.8, 4) is 0 Å². The highest BCUT2D eigenvalue weighted by molar-refractivity contribution is 5.62. The third kappa shape index (κ3) is 2.29.